The van der Waals surface area contributed by atoms with Crippen molar-refractivity contribution in [2.45, 2.75) is 13.0 Å². The lowest BCUT2D eigenvalue weighted by atomic mass is 10.2. The molecule has 1 N–H and O–H groups in total. The zero-order valence-electron chi connectivity index (χ0n) is 6.27. The average Bonchev–Trinajstić information content (AvgIpc) is 2.04. The van der Waals surface area contributed by atoms with Gasteiger partial charge in [0.25, 0.3) is 6.43 Å². The molecule has 0 aliphatic rings. The number of alkyl halides is 2. The molecule has 2 nitrogen and oxygen atoms in total. The van der Waals surface area contributed by atoms with Gasteiger partial charge < -0.3 is 5.11 Å². The van der Waals surface area contributed by atoms with Crippen molar-refractivity contribution in [3.63, 3.8) is 0 Å². The zero-order chi connectivity index (χ0) is 10.0. The number of hydrogen-bond donors (Lipinski definition) is 1. The summed E-state index contributed by atoms with van der Waals surface area (Å²) in [6, 6.07) is 0. The number of aliphatic hydroxyl groups excluding tert-OH is 1. The van der Waals surface area contributed by atoms with Crippen molar-refractivity contribution >= 4 is 0 Å². The molecule has 13 heavy (non-hydrogen) atoms. The maximum atomic E-state index is 12.9. The van der Waals surface area contributed by atoms with Crippen molar-refractivity contribution in [3.05, 3.63) is 29.1 Å². The highest BCUT2D eigenvalue weighted by Crippen LogP contribution is 2.25. The van der Waals surface area contributed by atoms with Crippen LogP contribution in [0.1, 0.15) is 17.6 Å². The van der Waals surface area contributed by atoms with Gasteiger partial charge in [-0.15, -0.1) is 0 Å². The third-order valence-corrected chi connectivity index (χ3v) is 1.46. The minimum atomic E-state index is -3.28. The van der Waals surface area contributed by atoms with E-state index in [1.807, 2.05) is 0 Å². The van der Waals surface area contributed by atoms with E-state index >= 15 is 0 Å². The Bertz CT molecular complexity index is 316. The Morgan fingerprint density at radius 2 is 2.00 bits per heavy atom. The summed E-state index contributed by atoms with van der Waals surface area (Å²) in [4.78, 5) is 2.89. The molecule has 6 heteroatoms. The minimum Gasteiger partial charge on any atom is -0.392 e. The fourth-order valence-corrected chi connectivity index (χ4v) is 0.820. The monoisotopic (exact) mass is 195 g/mol. The predicted octanol–water partition coefficient (Wildman–Crippen LogP) is 1.79. The number of aromatic nitrogens is 1. The van der Waals surface area contributed by atoms with E-state index in [4.69, 9.17) is 5.11 Å². The molecule has 0 aliphatic carbocycles. The lowest BCUT2D eigenvalue weighted by Gasteiger charge is -2.05. The second kappa shape index (κ2) is 3.69. The first-order valence-corrected chi connectivity index (χ1v) is 3.29. The molecule has 0 unspecified atom stereocenters. The van der Waals surface area contributed by atoms with E-state index in [9.17, 15) is 17.6 Å². The number of pyridine rings is 1. The third kappa shape index (κ3) is 1.77. The van der Waals surface area contributed by atoms with Crippen molar-refractivity contribution in [1.29, 1.82) is 0 Å². The molecular formula is C7H5F4NO. The second-order valence-electron chi connectivity index (χ2n) is 2.26. The molecule has 0 saturated carbocycles. The first kappa shape index (κ1) is 9.91. The summed E-state index contributed by atoms with van der Waals surface area (Å²) < 4.78 is 49.4. The van der Waals surface area contributed by atoms with Gasteiger partial charge in [-0.2, -0.15) is 4.39 Å². The van der Waals surface area contributed by atoms with Crippen molar-refractivity contribution < 1.29 is 22.7 Å². The number of halogens is 4. The number of nitrogens with zero attached hydrogens (tertiary/aromatic N) is 1. The van der Waals surface area contributed by atoms with Crippen LogP contribution in [0.15, 0.2) is 6.20 Å². The van der Waals surface area contributed by atoms with Crippen molar-refractivity contribution in [1.82, 2.24) is 4.98 Å². The topological polar surface area (TPSA) is 33.1 Å². The molecule has 1 aromatic heterocycles. The molecule has 0 radical (unpaired) electrons. The van der Waals surface area contributed by atoms with E-state index in [2.05, 4.69) is 4.98 Å². The lowest BCUT2D eigenvalue weighted by Crippen LogP contribution is -2.03. The van der Waals surface area contributed by atoms with Gasteiger partial charge in [-0.1, -0.05) is 0 Å². The van der Waals surface area contributed by atoms with Gasteiger partial charge in [-0.25, -0.2) is 18.2 Å². The standard InChI is InChI=1S/C7H5F4NO/c8-5-3(2-13)1-12-7(11)4(5)6(9)10/h1,6,13H,2H2. The van der Waals surface area contributed by atoms with Gasteiger partial charge in [0.2, 0.25) is 5.95 Å². The normalized spacial score (nSPS) is 10.9. The first-order valence-electron chi connectivity index (χ1n) is 3.29. The molecule has 0 amide bonds. The average molecular weight is 195 g/mol. The van der Waals surface area contributed by atoms with Gasteiger partial charge >= 0.3 is 0 Å². The Morgan fingerprint density at radius 1 is 1.38 bits per heavy atom. The first-order chi connectivity index (χ1) is 6.07. The summed E-state index contributed by atoms with van der Waals surface area (Å²) in [7, 11) is 0. The molecule has 0 bridgehead atoms. The van der Waals surface area contributed by atoms with E-state index in [1.165, 1.54) is 0 Å². The van der Waals surface area contributed by atoms with E-state index < -0.39 is 35.9 Å². The molecule has 1 rings (SSSR count). The highest BCUT2D eigenvalue weighted by molar-refractivity contribution is 5.22. The molecule has 1 heterocycles. The number of hydrogen-bond acceptors (Lipinski definition) is 2. The summed E-state index contributed by atoms with van der Waals surface area (Å²) in [5.41, 5.74) is -1.84. The Balaban J connectivity index is 3.30. The Hall–Kier alpha value is -1.17. The maximum Gasteiger partial charge on any atom is 0.271 e. The molecule has 0 aliphatic heterocycles. The van der Waals surface area contributed by atoms with Crippen LogP contribution < -0.4 is 0 Å². The van der Waals surface area contributed by atoms with Gasteiger partial charge in [-0.05, 0) is 0 Å². The van der Waals surface area contributed by atoms with Crippen LogP contribution in [0.2, 0.25) is 0 Å². The Morgan fingerprint density at radius 3 is 2.46 bits per heavy atom. The van der Waals surface area contributed by atoms with Crippen molar-refractivity contribution in [2.75, 3.05) is 0 Å². The van der Waals surface area contributed by atoms with Crippen LogP contribution in [-0.2, 0) is 6.61 Å². The molecule has 0 fully saturated rings. The molecule has 0 saturated heterocycles. The Kier molecular flexibility index (Phi) is 2.82. The van der Waals surface area contributed by atoms with Crippen molar-refractivity contribution in [2.24, 2.45) is 0 Å². The highest BCUT2D eigenvalue weighted by Gasteiger charge is 2.22. The van der Waals surface area contributed by atoms with E-state index in [0.29, 0.717) is 6.20 Å². The van der Waals surface area contributed by atoms with Gasteiger partial charge in [0.15, 0.2) is 0 Å². The summed E-state index contributed by atoms with van der Waals surface area (Å²) in [5.74, 6) is -2.99. The van der Waals surface area contributed by atoms with Gasteiger partial charge in [0.05, 0.1) is 6.61 Å². The quantitative estimate of drug-likeness (QED) is 0.576. The minimum absolute atomic E-state index is 0.448. The van der Waals surface area contributed by atoms with Crippen LogP contribution in [0.4, 0.5) is 17.6 Å². The summed E-state index contributed by atoms with van der Waals surface area (Å²) in [6.45, 7) is -0.793. The smallest absolute Gasteiger partial charge is 0.271 e. The van der Waals surface area contributed by atoms with Gasteiger partial charge in [0, 0.05) is 11.8 Å². The van der Waals surface area contributed by atoms with Crippen LogP contribution in [0, 0.1) is 11.8 Å². The van der Waals surface area contributed by atoms with Crippen LogP contribution >= 0.6 is 0 Å². The zero-order valence-corrected chi connectivity index (χ0v) is 6.27. The number of aliphatic hydroxyl groups is 1. The molecular weight excluding hydrogens is 190 g/mol. The van der Waals surface area contributed by atoms with Crippen LogP contribution in [-0.4, -0.2) is 10.1 Å². The fourth-order valence-electron chi connectivity index (χ4n) is 0.820. The molecule has 0 spiro atoms. The number of rotatable bonds is 2. The van der Waals surface area contributed by atoms with E-state index in [-0.39, 0.29) is 0 Å². The Labute approximate surface area is 70.8 Å². The second-order valence-corrected chi connectivity index (χ2v) is 2.26. The van der Waals surface area contributed by atoms with E-state index in [0.717, 1.165) is 0 Å². The van der Waals surface area contributed by atoms with Gasteiger partial charge in [0.1, 0.15) is 11.4 Å². The fraction of sp³-hybridized carbons (Fsp3) is 0.286. The third-order valence-electron chi connectivity index (χ3n) is 1.46. The summed E-state index contributed by atoms with van der Waals surface area (Å²) >= 11 is 0. The van der Waals surface area contributed by atoms with Gasteiger partial charge in [-0.3, -0.25) is 0 Å². The molecule has 0 atom stereocenters. The van der Waals surface area contributed by atoms with Crippen LogP contribution in [0.25, 0.3) is 0 Å². The maximum absolute atomic E-state index is 12.9. The van der Waals surface area contributed by atoms with Crippen molar-refractivity contribution in [3.8, 4) is 0 Å². The molecule has 1 aromatic rings. The van der Waals surface area contributed by atoms with Crippen LogP contribution in [0.3, 0.4) is 0 Å². The largest absolute Gasteiger partial charge is 0.392 e. The summed E-state index contributed by atoms with van der Waals surface area (Å²) in [6.07, 6.45) is -2.60. The highest BCUT2D eigenvalue weighted by atomic mass is 19.3. The summed E-state index contributed by atoms with van der Waals surface area (Å²) in [5, 5.41) is 8.47. The van der Waals surface area contributed by atoms with E-state index in [1.54, 1.807) is 0 Å². The molecule has 72 valence electrons. The SMILES string of the molecule is OCc1cnc(F)c(C(F)F)c1F. The van der Waals surface area contributed by atoms with Crippen LogP contribution in [0.5, 0.6) is 0 Å². The predicted molar refractivity (Wildman–Crippen MR) is 35.0 cm³/mol. The lowest BCUT2D eigenvalue weighted by molar-refractivity contribution is 0.138. The molecule has 0 aromatic carbocycles.